The van der Waals surface area contributed by atoms with E-state index >= 15 is 0 Å². The third kappa shape index (κ3) is 3.57. The van der Waals surface area contributed by atoms with Crippen LogP contribution in [0.2, 0.25) is 0 Å². The topological polar surface area (TPSA) is 103 Å². The monoisotopic (exact) mass is 197 g/mol. The molecule has 0 atom stereocenters. The highest BCUT2D eigenvalue weighted by molar-refractivity contribution is 7.09. The molecule has 0 aromatic carbocycles. The number of nitrogens with two attached hydrogens (primary N) is 3. The van der Waals surface area contributed by atoms with E-state index in [0.29, 0.717) is 6.54 Å². The summed E-state index contributed by atoms with van der Waals surface area (Å²) in [4.78, 5) is 8.66. The van der Waals surface area contributed by atoms with Gasteiger partial charge in [0.25, 0.3) is 0 Å². The van der Waals surface area contributed by atoms with Crippen molar-refractivity contribution in [2.75, 3.05) is 0 Å². The summed E-state index contributed by atoms with van der Waals surface area (Å²) in [6.45, 7) is 0.514. The van der Waals surface area contributed by atoms with Gasteiger partial charge in [0.15, 0.2) is 5.96 Å². The van der Waals surface area contributed by atoms with Gasteiger partial charge in [-0.15, -0.1) is 11.3 Å². The predicted molar refractivity (Wildman–Crippen MR) is 55.5 cm³/mol. The Labute approximate surface area is 80.0 Å². The van der Waals surface area contributed by atoms with Crippen molar-refractivity contribution >= 4 is 23.3 Å². The molecular formula is C7H11N5S. The maximum Gasteiger partial charge on any atom is 0.218 e. The molecule has 1 aromatic heterocycles. The molecule has 0 aliphatic carbocycles. The minimum Gasteiger partial charge on any atom is -0.370 e. The standard InChI is InChI=1S/C7H11N5S/c8-6(9)12-7(10)11-4-5-2-1-3-13-5/h1-3H,4H2,(H6,8,9,10,11,12). The van der Waals surface area contributed by atoms with Crippen LogP contribution in [0.3, 0.4) is 0 Å². The van der Waals surface area contributed by atoms with E-state index in [4.69, 9.17) is 17.2 Å². The number of hydrogen-bond acceptors (Lipinski definition) is 2. The van der Waals surface area contributed by atoms with Crippen LogP contribution in [0.4, 0.5) is 0 Å². The average Bonchev–Trinajstić information content (AvgIpc) is 2.51. The Hall–Kier alpha value is -1.56. The lowest BCUT2D eigenvalue weighted by Gasteiger charge is -1.93. The molecule has 0 spiro atoms. The quantitative estimate of drug-likeness (QED) is 0.453. The molecule has 5 nitrogen and oxygen atoms in total. The van der Waals surface area contributed by atoms with Crippen LogP contribution < -0.4 is 17.2 Å². The number of aliphatic imine (C=N–C) groups is 2. The maximum absolute atomic E-state index is 5.40. The van der Waals surface area contributed by atoms with Crippen molar-refractivity contribution in [3.8, 4) is 0 Å². The van der Waals surface area contributed by atoms with Crippen LogP contribution in [0, 0.1) is 0 Å². The predicted octanol–water partition coefficient (Wildman–Crippen LogP) is -0.164. The van der Waals surface area contributed by atoms with Gasteiger partial charge in [-0.25, -0.2) is 4.99 Å². The normalized spacial score (nSPS) is 11.2. The first-order valence-corrected chi connectivity index (χ1v) is 4.48. The second-order valence-corrected chi connectivity index (χ2v) is 3.32. The zero-order chi connectivity index (χ0) is 9.68. The van der Waals surface area contributed by atoms with Crippen molar-refractivity contribution in [2.45, 2.75) is 6.54 Å². The van der Waals surface area contributed by atoms with E-state index in [-0.39, 0.29) is 11.9 Å². The minimum atomic E-state index is -0.0765. The summed E-state index contributed by atoms with van der Waals surface area (Å²) in [6.07, 6.45) is 0. The van der Waals surface area contributed by atoms with Crippen LogP contribution in [0.1, 0.15) is 4.88 Å². The molecule has 13 heavy (non-hydrogen) atoms. The average molecular weight is 197 g/mol. The van der Waals surface area contributed by atoms with Crippen molar-refractivity contribution in [1.29, 1.82) is 0 Å². The molecule has 0 radical (unpaired) electrons. The van der Waals surface area contributed by atoms with E-state index in [0.717, 1.165) is 4.88 Å². The minimum absolute atomic E-state index is 0.0765. The van der Waals surface area contributed by atoms with Crippen LogP contribution in [0.25, 0.3) is 0 Å². The van der Waals surface area contributed by atoms with Gasteiger partial charge in [-0.05, 0) is 11.4 Å². The number of thiophene rings is 1. The Morgan fingerprint density at radius 1 is 1.38 bits per heavy atom. The fourth-order valence-electron chi connectivity index (χ4n) is 0.729. The van der Waals surface area contributed by atoms with Gasteiger partial charge in [-0.1, -0.05) is 6.07 Å². The van der Waals surface area contributed by atoms with E-state index in [9.17, 15) is 0 Å². The van der Waals surface area contributed by atoms with Gasteiger partial charge in [0.2, 0.25) is 5.96 Å². The number of nitrogens with zero attached hydrogens (tertiary/aromatic N) is 2. The third-order valence-corrected chi connectivity index (χ3v) is 2.08. The Bertz CT molecular complexity index is 310. The van der Waals surface area contributed by atoms with Crippen molar-refractivity contribution < 1.29 is 0 Å². The van der Waals surface area contributed by atoms with E-state index < -0.39 is 0 Å². The van der Waals surface area contributed by atoms with E-state index in [2.05, 4.69) is 9.98 Å². The Balaban J connectivity index is 2.53. The van der Waals surface area contributed by atoms with Gasteiger partial charge in [0.1, 0.15) is 0 Å². The van der Waals surface area contributed by atoms with Crippen molar-refractivity contribution in [2.24, 2.45) is 27.2 Å². The highest BCUT2D eigenvalue weighted by atomic mass is 32.1. The molecule has 0 amide bonds. The first-order chi connectivity index (χ1) is 6.18. The molecule has 0 bridgehead atoms. The van der Waals surface area contributed by atoms with Gasteiger partial charge in [0, 0.05) is 4.88 Å². The lowest BCUT2D eigenvalue weighted by molar-refractivity contribution is 1.08. The summed E-state index contributed by atoms with van der Waals surface area (Å²) in [5.74, 6) is 0.0285. The fourth-order valence-corrected chi connectivity index (χ4v) is 1.36. The molecule has 6 N–H and O–H groups in total. The third-order valence-electron chi connectivity index (χ3n) is 1.22. The maximum atomic E-state index is 5.40. The fraction of sp³-hybridized carbons (Fsp3) is 0.143. The van der Waals surface area contributed by atoms with Crippen molar-refractivity contribution in [3.05, 3.63) is 22.4 Å². The summed E-state index contributed by atoms with van der Waals surface area (Å²) < 4.78 is 0. The first-order valence-electron chi connectivity index (χ1n) is 3.60. The van der Waals surface area contributed by atoms with Crippen LogP contribution >= 0.6 is 11.3 Å². The lowest BCUT2D eigenvalue weighted by atomic mass is 10.5. The summed E-state index contributed by atoms with van der Waals surface area (Å²) in [6, 6.07) is 3.92. The molecule has 1 aromatic rings. The van der Waals surface area contributed by atoms with E-state index in [1.807, 2.05) is 17.5 Å². The Kier molecular flexibility index (Phi) is 3.27. The van der Waals surface area contributed by atoms with Crippen LogP contribution in [-0.4, -0.2) is 11.9 Å². The molecule has 0 unspecified atom stereocenters. The van der Waals surface area contributed by atoms with Gasteiger partial charge < -0.3 is 17.2 Å². The molecule has 0 saturated heterocycles. The van der Waals surface area contributed by atoms with Crippen LogP contribution in [-0.2, 0) is 6.54 Å². The van der Waals surface area contributed by atoms with E-state index in [1.165, 1.54) is 0 Å². The SMILES string of the molecule is NC(N)=NC(N)=NCc1cccs1. The lowest BCUT2D eigenvalue weighted by Crippen LogP contribution is -2.26. The molecule has 1 heterocycles. The van der Waals surface area contributed by atoms with Crippen molar-refractivity contribution in [1.82, 2.24) is 0 Å². The first kappa shape index (κ1) is 9.53. The van der Waals surface area contributed by atoms with Gasteiger partial charge in [-0.2, -0.15) is 4.99 Å². The number of rotatable bonds is 2. The number of hydrogen-bond donors (Lipinski definition) is 3. The van der Waals surface area contributed by atoms with Crippen LogP contribution in [0.15, 0.2) is 27.5 Å². The summed E-state index contributed by atoms with van der Waals surface area (Å²) in [5.41, 5.74) is 15.6. The molecule has 0 aliphatic heterocycles. The smallest absolute Gasteiger partial charge is 0.218 e. The van der Waals surface area contributed by atoms with Gasteiger partial charge in [0.05, 0.1) is 6.54 Å². The zero-order valence-corrected chi connectivity index (χ0v) is 7.79. The summed E-state index contributed by atoms with van der Waals surface area (Å²) in [7, 11) is 0. The molecule has 0 saturated carbocycles. The molecule has 0 fully saturated rings. The van der Waals surface area contributed by atoms with E-state index in [1.54, 1.807) is 11.3 Å². The highest BCUT2D eigenvalue weighted by Gasteiger charge is 1.92. The Morgan fingerprint density at radius 2 is 2.15 bits per heavy atom. The molecule has 70 valence electrons. The highest BCUT2D eigenvalue weighted by Crippen LogP contribution is 2.09. The van der Waals surface area contributed by atoms with Gasteiger partial charge in [-0.3, -0.25) is 0 Å². The summed E-state index contributed by atoms with van der Waals surface area (Å²) >= 11 is 1.61. The largest absolute Gasteiger partial charge is 0.370 e. The molecule has 1 rings (SSSR count). The number of guanidine groups is 2. The zero-order valence-electron chi connectivity index (χ0n) is 6.97. The molecule has 0 aliphatic rings. The van der Waals surface area contributed by atoms with Crippen molar-refractivity contribution in [3.63, 3.8) is 0 Å². The van der Waals surface area contributed by atoms with Crippen LogP contribution in [0.5, 0.6) is 0 Å². The Morgan fingerprint density at radius 3 is 2.69 bits per heavy atom. The second-order valence-electron chi connectivity index (χ2n) is 2.29. The molecular weight excluding hydrogens is 186 g/mol. The summed E-state index contributed by atoms with van der Waals surface area (Å²) in [5, 5.41) is 1.97. The molecule has 6 heteroatoms. The van der Waals surface area contributed by atoms with Gasteiger partial charge >= 0.3 is 0 Å². The second kappa shape index (κ2) is 4.46.